The maximum Gasteiger partial charge on any atom is 0.337 e. The highest BCUT2D eigenvalue weighted by molar-refractivity contribution is 7.92. The van der Waals surface area contributed by atoms with E-state index in [1.54, 1.807) is 44.2 Å². The zero-order chi connectivity index (χ0) is 19.6. The van der Waals surface area contributed by atoms with Crippen LogP contribution in [0.2, 0.25) is 0 Å². The summed E-state index contributed by atoms with van der Waals surface area (Å²) in [7, 11) is -2.55. The second-order valence-corrected chi connectivity index (χ2v) is 7.52. The van der Waals surface area contributed by atoms with Crippen molar-refractivity contribution in [3.05, 3.63) is 65.7 Å². The van der Waals surface area contributed by atoms with Crippen LogP contribution in [0.15, 0.2) is 57.8 Å². The molecular weight excluding hydrogens is 368 g/mol. The Morgan fingerprint density at radius 3 is 2.41 bits per heavy atom. The fourth-order valence-corrected chi connectivity index (χ4v) is 3.68. The quantitative estimate of drug-likeness (QED) is 0.674. The second-order valence-electron chi connectivity index (χ2n) is 5.84. The van der Waals surface area contributed by atoms with Gasteiger partial charge < -0.3 is 9.15 Å². The molecule has 1 aromatic heterocycles. The molecule has 0 aliphatic heterocycles. The number of anilines is 1. The fourth-order valence-electron chi connectivity index (χ4n) is 2.63. The molecule has 8 heteroatoms. The highest BCUT2D eigenvalue weighted by atomic mass is 32.2. The highest BCUT2D eigenvalue weighted by Gasteiger charge is 2.17. The van der Waals surface area contributed by atoms with Crippen molar-refractivity contribution in [2.75, 3.05) is 11.8 Å². The van der Waals surface area contributed by atoms with Crippen molar-refractivity contribution in [1.82, 2.24) is 4.98 Å². The van der Waals surface area contributed by atoms with Crippen LogP contribution < -0.4 is 4.72 Å². The molecule has 0 saturated heterocycles. The van der Waals surface area contributed by atoms with E-state index in [4.69, 9.17) is 4.42 Å². The van der Waals surface area contributed by atoms with E-state index in [-0.39, 0.29) is 16.1 Å². The molecule has 1 N–H and O–H groups in total. The number of hydrogen-bond acceptors (Lipinski definition) is 6. The van der Waals surface area contributed by atoms with Crippen molar-refractivity contribution < 1.29 is 22.4 Å². The Hall–Kier alpha value is -3.13. The van der Waals surface area contributed by atoms with Crippen molar-refractivity contribution >= 4 is 21.7 Å². The van der Waals surface area contributed by atoms with Crippen LogP contribution in [0.4, 0.5) is 5.69 Å². The molecule has 1 heterocycles. The minimum Gasteiger partial charge on any atom is -0.465 e. The molecule has 27 heavy (non-hydrogen) atoms. The standard InChI is InChI=1S/C19H18N2O5S/c1-12-18(20-13(2)26-12)14-7-9-17(10-8-14)27(23,24)21-16-6-4-5-15(11-16)19(22)25-3/h4-11,21H,1-3H3. The van der Waals surface area contributed by atoms with Crippen LogP contribution in [-0.2, 0) is 14.8 Å². The van der Waals surface area contributed by atoms with Gasteiger partial charge in [-0.25, -0.2) is 18.2 Å². The molecule has 0 aliphatic rings. The van der Waals surface area contributed by atoms with Crippen LogP contribution in [0, 0.1) is 13.8 Å². The Morgan fingerprint density at radius 1 is 1.11 bits per heavy atom. The number of carbonyl (C=O) groups excluding carboxylic acids is 1. The van der Waals surface area contributed by atoms with Crippen molar-refractivity contribution in [3.63, 3.8) is 0 Å². The molecule has 0 atom stereocenters. The van der Waals surface area contributed by atoms with E-state index in [0.29, 0.717) is 17.3 Å². The predicted octanol–water partition coefficient (Wildman–Crippen LogP) is 3.55. The van der Waals surface area contributed by atoms with Gasteiger partial charge >= 0.3 is 5.97 Å². The molecule has 3 rings (SSSR count). The number of nitrogens with zero attached hydrogens (tertiary/aromatic N) is 1. The van der Waals surface area contributed by atoms with E-state index >= 15 is 0 Å². The largest absolute Gasteiger partial charge is 0.465 e. The van der Waals surface area contributed by atoms with Crippen molar-refractivity contribution in [2.24, 2.45) is 0 Å². The van der Waals surface area contributed by atoms with Crippen LogP contribution in [-0.4, -0.2) is 26.5 Å². The highest BCUT2D eigenvalue weighted by Crippen LogP contribution is 2.25. The minimum absolute atomic E-state index is 0.0904. The molecule has 0 spiro atoms. The Labute approximate surface area is 157 Å². The average Bonchev–Trinajstić information content (AvgIpc) is 2.99. The lowest BCUT2D eigenvalue weighted by Crippen LogP contribution is -2.13. The number of ether oxygens (including phenoxy) is 1. The molecule has 0 radical (unpaired) electrons. The zero-order valence-electron chi connectivity index (χ0n) is 15.0. The van der Waals surface area contributed by atoms with Gasteiger partial charge in [0.25, 0.3) is 10.0 Å². The number of hydrogen-bond donors (Lipinski definition) is 1. The van der Waals surface area contributed by atoms with E-state index < -0.39 is 16.0 Å². The number of sulfonamides is 1. The summed E-state index contributed by atoms with van der Waals surface area (Å²) in [6.07, 6.45) is 0. The number of aromatic nitrogens is 1. The maximum atomic E-state index is 12.6. The van der Waals surface area contributed by atoms with Crippen LogP contribution in [0.5, 0.6) is 0 Å². The number of carbonyl (C=O) groups is 1. The molecule has 3 aromatic rings. The van der Waals surface area contributed by atoms with E-state index in [0.717, 1.165) is 5.56 Å². The van der Waals surface area contributed by atoms with Gasteiger partial charge in [0.1, 0.15) is 11.5 Å². The minimum atomic E-state index is -3.81. The van der Waals surface area contributed by atoms with Gasteiger partial charge in [0.05, 0.1) is 17.6 Å². The number of esters is 1. The molecule has 0 aliphatic carbocycles. The zero-order valence-corrected chi connectivity index (χ0v) is 15.8. The monoisotopic (exact) mass is 386 g/mol. The van der Waals surface area contributed by atoms with Crippen molar-refractivity contribution in [1.29, 1.82) is 0 Å². The van der Waals surface area contributed by atoms with Crippen LogP contribution in [0.25, 0.3) is 11.3 Å². The first-order valence-electron chi connectivity index (χ1n) is 8.06. The number of methoxy groups -OCH3 is 1. The predicted molar refractivity (Wildman–Crippen MR) is 100 cm³/mol. The fraction of sp³-hybridized carbons (Fsp3) is 0.158. The summed E-state index contributed by atoms with van der Waals surface area (Å²) in [5.41, 5.74) is 1.96. The van der Waals surface area contributed by atoms with E-state index in [1.807, 2.05) is 0 Å². The lowest BCUT2D eigenvalue weighted by atomic mass is 10.1. The Bertz CT molecular complexity index is 1090. The van der Waals surface area contributed by atoms with Gasteiger partial charge in [-0.05, 0) is 37.3 Å². The van der Waals surface area contributed by atoms with Crippen molar-refractivity contribution in [3.8, 4) is 11.3 Å². The van der Waals surface area contributed by atoms with Crippen LogP contribution in [0.3, 0.4) is 0 Å². The Kier molecular flexibility index (Phi) is 5.00. The topological polar surface area (TPSA) is 98.5 Å². The van der Waals surface area contributed by atoms with Gasteiger partial charge in [0.15, 0.2) is 5.89 Å². The number of nitrogens with one attached hydrogen (secondary N) is 1. The number of aryl methyl sites for hydroxylation is 2. The molecule has 0 fully saturated rings. The molecule has 0 amide bonds. The van der Waals surface area contributed by atoms with Crippen LogP contribution >= 0.6 is 0 Å². The van der Waals surface area contributed by atoms with Gasteiger partial charge in [-0.15, -0.1) is 0 Å². The van der Waals surface area contributed by atoms with Crippen LogP contribution in [0.1, 0.15) is 22.0 Å². The lowest BCUT2D eigenvalue weighted by molar-refractivity contribution is 0.0600. The maximum absolute atomic E-state index is 12.6. The third-order valence-corrected chi connectivity index (χ3v) is 5.27. The smallest absolute Gasteiger partial charge is 0.337 e. The van der Waals surface area contributed by atoms with Crippen molar-refractivity contribution in [2.45, 2.75) is 18.7 Å². The summed E-state index contributed by atoms with van der Waals surface area (Å²) >= 11 is 0. The molecular formula is C19H18N2O5S. The first kappa shape index (κ1) is 18.7. The summed E-state index contributed by atoms with van der Waals surface area (Å²) < 4.78 is 37.7. The second kappa shape index (κ2) is 7.24. The van der Waals surface area contributed by atoms with Gasteiger partial charge in [-0.1, -0.05) is 18.2 Å². The summed E-state index contributed by atoms with van der Waals surface area (Å²) in [6, 6.07) is 12.4. The van der Waals surface area contributed by atoms with E-state index in [9.17, 15) is 13.2 Å². The third-order valence-electron chi connectivity index (χ3n) is 3.88. The van der Waals surface area contributed by atoms with Gasteiger partial charge in [0, 0.05) is 18.2 Å². The summed E-state index contributed by atoms with van der Waals surface area (Å²) in [5.74, 6) is 0.672. The van der Waals surface area contributed by atoms with E-state index in [2.05, 4.69) is 14.4 Å². The molecule has 140 valence electrons. The van der Waals surface area contributed by atoms with Gasteiger partial charge in [-0.3, -0.25) is 4.72 Å². The number of benzene rings is 2. The summed E-state index contributed by atoms with van der Waals surface area (Å²) in [6.45, 7) is 3.55. The molecule has 0 unspecified atom stereocenters. The Morgan fingerprint density at radius 2 is 1.81 bits per heavy atom. The van der Waals surface area contributed by atoms with Gasteiger partial charge in [0.2, 0.25) is 0 Å². The molecule has 7 nitrogen and oxygen atoms in total. The normalized spacial score (nSPS) is 11.2. The molecule has 0 bridgehead atoms. The Balaban J connectivity index is 1.85. The third kappa shape index (κ3) is 4.01. The molecule has 2 aromatic carbocycles. The molecule has 0 saturated carbocycles. The first-order valence-corrected chi connectivity index (χ1v) is 9.54. The number of rotatable bonds is 5. The average molecular weight is 386 g/mol. The summed E-state index contributed by atoms with van der Waals surface area (Å²) in [5, 5.41) is 0. The summed E-state index contributed by atoms with van der Waals surface area (Å²) in [4.78, 5) is 16.0. The SMILES string of the molecule is COC(=O)c1cccc(NS(=O)(=O)c2ccc(-c3nc(C)oc3C)cc2)c1. The number of oxazole rings is 1. The van der Waals surface area contributed by atoms with Gasteiger partial charge in [-0.2, -0.15) is 0 Å². The van der Waals surface area contributed by atoms with E-state index in [1.165, 1.54) is 25.3 Å². The lowest BCUT2D eigenvalue weighted by Gasteiger charge is -2.09. The first-order chi connectivity index (χ1) is 12.8.